The number of aromatic nitrogens is 3. The summed E-state index contributed by atoms with van der Waals surface area (Å²) in [7, 11) is 0. The molecular formula is C18H23N3O2S2. The van der Waals surface area contributed by atoms with Crippen LogP contribution < -0.4 is 5.69 Å². The zero-order valence-corrected chi connectivity index (χ0v) is 16.1. The molecule has 134 valence electrons. The van der Waals surface area contributed by atoms with Gasteiger partial charge in [-0.2, -0.15) is 4.98 Å². The summed E-state index contributed by atoms with van der Waals surface area (Å²) >= 11 is 3.32. The Bertz CT molecular complexity index is 809. The number of rotatable bonds is 5. The largest absolute Gasteiger partial charge is 0.376 e. The fraction of sp³-hybridized carbons (Fsp3) is 0.611. The van der Waals surface area contributed by atoms with Crippen LogP contribution in [-0.2, 0) is 29.9 Å². The molecule has 0 saturated carbocycles. The summed E-state index contributed by atoms with van der Waals surface area (Å²) < 4.78 is 7.63. The molecule has 4 rings (SSSR count). The van der Waals surface area contributed by atoms with E-state index >= 15 is 0 Å². The van der Waals surface area contributed by atoms with Gasteiger partial charge in [0.25, 0.3) is 0 Å². The number of hydrogen-bond acceptors (Lipinski definition) is 6. The molecule has 1 aliphatic heterocycles. The molecule has 2 aliphatic rings. The van der Waals surface area contributed by atoms with E-state index in [0.717, 1.165) is 60.2 Å². The van der Waals surface area contributed by atoms with Crippen LogP contribution in [0.5, 0.6) is 0 Å². The third-order valence-corrected chi connectivity index (χ3v) is 6.76. The number of nitrogens with zero attached hydrogens (tertiary/aromatic N) is 3. The van der Waals surface area contributed by atoms with E-state index in [1.165, 1.54) is 17.7 Å². The van der Waals surface area contributed by atoms with E-state index in [4.69, 9.17) is 4.74 Å². The fourth-order valence-corrected chi connectivity index (χ4v) is 5.35. The summed E-state index contributed by atoms with van der Waals surface area (Å²) in [5.74, 6) is 0.777. The molecule has 3 heterocycles. The van der Waals surface area contributed by atoms with Gasteiger partial charge in [-0.3, -0.25) is 4.57 Å². The molecule has 0 N–H and O–H groups in total. The Morgan fingerprint density at radius 3 is 2.96 bits per heavy atom. The van der Waals surface area contributed by atoms with Gasteiger partial charge < -0.3 is 4.74 Å². The van der Waals surface area contributed by atoms with Gasteiger partial charge in [-0.1, -0.05) is 11.8 Å². The highest BCUT2D eigenvalue weighted by Crippen LogP contribution is 2.31. The molecule has 1 fully saturated rings. The molecule has 0 radical (unpaired) electrons. The van der Waals surface area contributed by atoms with Crippen molar-refractivity contribution < 1.29 is 4.74 Å². The van der Waals surface area contributed by atoms with Crippen LogP contribution >= 0.6 is 23.1 Å². The van der Waals surface area contributed by atoms with Crippen molar-refractivity contribution in [2.24, 2.45) is 0 Å². The number of aryl methyl sites for hydroxylation is 1. The molecule has 7 heteroatoms. The molecule has 0 bridgehead atoms. The predicted molar refractivity (Wildman–Crippen MR) is 101 cm³/mol. The summed E-state index contributed by atoms with van der Waals surface area (Å²) in [4.78, 5) is 21.6. The van der Waals surface area contributed by atoms with Crippen LogP contribution in [-0.4, -0.2) is 27.2 Å². The standard InChI is InChI=1S/C18H23N3O2S2/c1-12-19-13(10-24-12)11-25-17-15-6-2-3-7-16(15)21(18(22)20-17)9-14-5-4-8-23-14/h10,14H,2-9,11H2,1H3. The van der Waals surface area contributed by atoms with Crippen LogP contribution in [0.2, 0.25) is 0 Å². The number of thiazole rings is 1. The molecule has 1 saturated heterocycles. The third-order valence-electron chi connectivity index (χ3n) is 4.88. The smallest absolute Gasteiger partial charge is 0.348 e. The molecule has 0 amide bonds. The summed E-state index contributed by atoms with van der Waals surface area (Å²) in [6, 6.07) is 0. The lowest BCUT2D eigenvalue weighted by Gasteiger charge is -2.24. The highest BCUT2D eigenvalue weighted by atomic mass is 32.2. The Hall–Kier alpha value is -1.18. The van der Waals surface area contributed by atoms with E-state index in [2.05, 4.69) is 15.3 Å². The molecule has 5 nitrogen and oxygen atoms in total. The van der Waals surface area contributed by atoms with Gasteiger partial charge in [0.1, 0.15) is 5.03 Å². The highest BCUT2D eigenvalue weighted by molar-refractivity contribution is 7.98. The SMILES string of the molecule is Cc1nc(CSc2nc(=O)n(CC3CCCO3)c3c2CCCC3)cs1. The van der Waals surface area contributed by atoms with E-state index in [-0.39, 0.29) is 11.8 Å². The van der Waals surface area contributed by atoms with E-state index in [1.807, 2.05) is 11.5 Å². The molecule has 1 aliphatic carbocycles. The van der Waals surface area contributed by atoms with Gasteiger partial charge in [-0.05, 0) is 45.4 Å². The van der Waals surface area contributed by atoms with Gasteiger partial charge in [0.2, 0.25) is 0 Å². The summed E-state index contributed by atoms with van der Waals surface area (Å²) in [6.07, 6.45) is 6.63. The summed E-state index contributed by atoms with van der Waals surface area (Å²) in [5.41, 5.74) is 3.43. The van der Waals surface area contributed by atoms with Crippen LogP contribution in [0.4, 0.5) is 0 Å². The van der Waals surface area contributed by atoms with Crippen LogP contribution in [0.3, 0.4) is 0 Å². The monoisotopic (exact) mass is 377 g/mol. The lowest BCUT2D eigenvalue weighted by Crippen LogP contribution is -2.33. The molecule has 0 spiro atoms. The van der Waals surface area contributed by atoms with Crippen molar-refractivity contribution in [1.29, 1.82) is 0 Å². The topological polar surface area (TPSA) is 57.0 Å². The molecule has 1 atom stereocenters. The summed E-state index contributed by atoms with van der Waals surface area (Å²) in [5, 5.41) is 4.08. The minimum absolute atomic E-state index is 0.117. The first-order valence-electron chi connectivity index (χ1n) is 8.98. The minimum Gasteiger partial charge on any atom is -0.376 e. The average Bonchev–Trinajstić information content (AvgIpc) is 3.27. The Balaban J connectivity index is 1.61. The van der Waals surface area contributed by atoms with E-state index in [9.17, 15) is 4.79 Å². The Labute approximate surface area is 155 Å². The van der Waals surface area contributed by atoms with Crippen molar-refractivity contribution >= 4 is 23.1 Å². The molecule has 0 aromatic carbocycles. The normalized spacial score (nSPS) is 20.0. The maximum atomic E-state index is 12.7. The van der Waals surface area contributed by atoms with Gasteiger partial charge in [0.05, 0.1) is 23.4 Å². The first-order valence-corrected chi connectivity index (χ1v) is 10.9. The lowest BCUT2D eigenvalue weighted by molar-refractivity contribution is 0.0947. The second kappa shape index (κ2) is 7.60. The van der Waals surface area contributed by atoms with Crippen LogP contribution in [0.1, 0.15) is 47.6 Å². The zero-order chi connectivity index (χ0) is 17.2. The number of ether oxygens (including phenoxy) is 1. The van der Waals surface area contributed by atoms with Gasteiger partial charge in [-0.15, -0.1) is 11.3 Å². The molecule has 2 aromatic heterocycles. The van der Waals surface area contributed by atoms with E-state index < -0.39 is 0 Å². The van der Waals surface area contributed by atoms with Crippen molar-refractivity contribution in [3.63, 3.8) is 0 Å². The quantitative estimate of drug-likeness (QED) is 0.591. The molecule has 25 heavy (non-hydrogen) atoms. The molecule has 1 unspecified atom stereocenters. The Morgan fingerprint density at radius 1 is 1.32 bits per heavy atom. The van der Waals surface area contributed by atoms with Gasteiger partial charge >= 0.3 is 5.69 Å². The second-order valence-corrected chi connectivity index (χ2v) is 8.75. The maximum Gasteiger partial charge on any atom is 0.348 e. The van der Waals surface area contributed by atoms with E-state index in [1.54, 1.807) is 23.1 Å². The van der Waals surface area contributed by atoms with Crippen LogP contribution in [0, 0.1) is 6.92 Å². The number of thioether (sulfide) groups is 1. The summed E-state index contributed by atoms with van der Waals surface area (Å²) in [6.45, 7) is 3.49. The minimum atomic E-state index is -0.117. The fourth-order valence-electron chi connectivity index (χ4n) is 3.66. The van der Waals surface area contributed by atoms with Gasteiger partial charge in [0, 0.05) is 29.0 Å². The van der Waals surface area contributed by atoms with Gasteiger partial charge in [-0.25, -0.2) is 9.78 Å². The Kier molecular flexibility index (Phi) is 5.24. The Morgan fingerprint density at radius 2 is 2.20 bits per heavy atom. The van der Waals surface area contributed by atoms with Crippen molar-refractivity contribution in [3.05, 3.63) is 37.8 Å². The van der Waals surface area contributed by atoms with Gasteiger partial charge in [0.15, 0.2) is 0 Å². The van der Waals surface area contributed by atoms with Crippen LogP contribution in [0.15, 0.2) is 15.2 Å². The van der Waals surface area contributed by atoms with Crippen molar-refractivity contribution in [3.8, 4) is 0 Å². The number of hydrogen-bond donors (Lipinski definition) is 0. The van der Waals surface area contributed by atoms with Crippen LogP contribution in [0.25, 0.3) is 0 Å². The average molecular weight is 378 g/mol. The lowest BCUT2D eigenvalue weighted by atomic mass is 9.97. The first-order chi connectivity index (χ1) is 12.2. The molecule has 2 aromatic rings. The van der Waals surface area contributed by atoms with E-state index in [0.29, 0.717) is 6.54 Å². The highest BCUT2D eigenvalue weighted by Gasteiger charge is 2.24. The van der Waals surface area contributed by atoms with Crippen molar-refractivity contribution in [1.82, 2.24) is 14.5 Å². The predicted octanol–water partition coefficient (Wildman–Crippen LogP) is 3.36. The third kappa shape index (κ3) is 3.83. The zero-order valence-electron chi connectivity index (χ0n) is 14.5. The number of fused-ring (bicyclic) bond motifs is 1. The second-order valence-electron chi connectivity index (χ2n) is 6.72. The first kappa shape index (κ1) is 17.2. The van der Waals surface area contributed by atoms with Crippen molar-refractivity contribution in [2.45, 2.75) is 68.9 Å². The van der Waals surface area contributed by atoms with Crippen molar-refractivity contribution in [2.75, 3.05) is 6.61 Å². The maximum absolute atomic E-state index is 12.7. The molecular weight excluding hydrogens is 354 g/mol.